The second-order valence-corrected chi connectivity index (χ2v) is 6.37. The summed E-state index contributed by atoms with van der Waals surface area (Å²) in [6.07, 6.45) is 2.44. The molecule has 1 unspecified atom stereocenters. The maximum absolute atomic E-state index is 11.6. The average Bonchev–Trinajstić information content (AvgIpc) is 2.90. The molecule has 5 atom stereocenters. The second kappa shape index (κ2) is 7.37. The van der Waals surface area contributed by atoms with Crippen LogP contribution < -0.4 is 0 Å². The molecule has 0 aromatic heterocycles. The predicted octanol–water partition coefficient (Wildman–Crippen LogP) is 1.69. The number of fused-ring (bicyclic) bond motifs is 2. The van der Waals surface area contributed by atoms with E-state index in [1.54, 1.807) is 7.11 Å². The van der Waals surface area contributed by atoms with Crippen molar-refractivity contribution in [1.82, 2.24) is 4.90 Å². The fourth-order valence-electron chi connectivity index (χ4n) is 3.75. The van der Waals surface area contributed by atoms with E-state index >= 15 is 0 Å². The third kappa shape index (κ3) is 3.60. The highest BCUT2D eigenvalue weighted by atomic mass is 16.6. The lowest BCUT2D eigenvalue weighted by Crippen LogP contribution is -2.64. The van der Waals surface area contributed by atoms with Gasteiger partial charge in [-0.2, -0.15) is 0 Å². The van der Waals surface area contributed by atoms with E-state index in [4.69, 9.17) is 14.2 Å². The SMILES string of the molecule is COC1[C@@H](OC(C)=O)[C@H]2C=C[C@@H]([C@H]1OC(C)=O)N2Cc1ccccc1. The number of methoxy groups -OCH3 is 1. The zero-order chi connectivity index (χ0) is 18.0. The minimum Gasteiger partial charge on any atom is -0.458 e. The number of esters is 2. The largest absolute Gasteiger partial charge is 0.458 e. The third-order valence-electron chi connectivity index (χ3n) is 4.68. The molecule has 1 saturated heterocycles. The smallest absolute Gasteiger partial charge is 0.303 e. The Balaban J connectivity index is 1.92. The van der Waals surface area contributed by atoms with Gasteiger partial charge in [-0.15, -0.1) is 0 Å². The van der Waals surface area contributed by atoms with E-state index in [9.17, 15) is 9.59 Å². The summed E-state index contributed by atoms with van der Waals surface area (Å²) in [4.78, 5) is 25.4. The molecule has 2 heterocycles. The van der Waals surface area contributed by atoms with Crippen molar-refractivity contribution in [3.8, 4) is 0 Å². The van der Waals surface area contributed by atoms with Gasteiger partial charge < -0.3 is 14.2 Å². The first kappa shape index (κ1) is 17.6. The number of rotatable bonds is 5. The zero-order valence-electron chi connectivity index (χ0n) is 14.6. The maximum Gasteiger partial charge on any atom is 0.303 e. The third-order valence-corrected chi connectivity index (χ3v) is 4.68. The fraction of sp³-hybridized carbons (Fsp3) is 0.474. The Hall–Kier alpha value is -2.18. The van der Waals surface area contributed by atoms with Gasteiger partial charge in [0, 0.05) is 27.5 Å². The molecular weight excluding hydrogens is 322 g/mol. The Kier molecular flexibility index (Phi) is 5.20. The lowest BCUT2D eigenvalue weighted by Gasteiger charge is -2.47. The van der Waals surface area contributed by atoms with Gasteiger partial charge in [0.2, 0.25) is 0 Å². The predicted molar refractivity (Wildman–Crippen MR) is 90.6 cm³/mol. The lowest BCUT2D eigenvalue weighted by atomic mass is 9.91. The van der Waals surface area contributed by atoms with E-state index in [0.717, 1.165) is 5.56 Å². The summed E-state index contributed by atoms with van der Waals surface area (Å²) < 4.78 is 16.7. The van der Waals surface area contributed by atoms with E-state index in [-0.39, 0.29) is 24.0 Å². The summed E-state index contributed by atoms with van der Waals surface area (Å²) in [7, 11) is 1.55. The summed E-state index contributed by atoms with van der Waals surface area (Å²) >= 11 is 0. The zero-order valence-corrected chi connectivity index (χ0v) is 14.6. The van der Waals surface area contributed by atoms with Gasteiger partial charge in [0.1, 0.15) is 6.10 Å². The normalized spacial score (nSPS) is 30.9. The number of benzene rings is 1. The standard InChI is InChI=1S/C19H23NO5/c1-12(21)24-17-15-9-10-16(18(19(17)23-3)25-13(2)22)20(15)11-14-7-5-4-6-8-14/h4-10,15-19H,11H2,1-3H3/t15-,16+,17+,18-,19?. The van der Waals surface area contributed by atoms with E-state index in [1.165, 1.54) is 13.8 Å². The number of carbonyl (C=O) groups is 2. The molecule has 25 heavy (non-hydrogen) atoms. The highest BCUT2D eigenvalue weighted by Gasteiger charge is 2.54. The molecule has 2 bridgehead atoms. The lowest BCUT2D eigenvalue weighted by molar-refractivity contribution is -0.196. The molecule has 1 fully saturated rings. The quantitative estimate of drug-likeness (QED) is 0.598. The summed E-state index contributed by atoms with van der Waals surface area (Å²) in [6.45, 7) is 3.41. The Morgan fingerprint density at radius 1 is 0.920 bits per heavy atom. The van der Waals surface area contributed by atoms with Crippen molar-refractivity contribution in [2.75, 3.05) is 7.11 Å². The molecule has 0 radical (unpaired) electrons. The first-order valence-electron chi connectivity index (χ1n) is 8.36. The number of ether oxygens (including phenoxy) is 3. The first-order valence-corrected chi connectivity index (χ1v) is 8.36. The number of hydrogen-bond acceptors (Lipinski definition) is 6. The fourth-order valence-corrected chi connectivity index (χ4v) is 3.75. The Labute approximate surface area is 147 Å². The Morgan fingerprint density at radius 2 is 1.44 bits per heavy atom. The number of hydrogen-bond donors (Lipinski definition) is 0. The molecule has 2 aliphatic heterocycles. The number of piperidine rings is 1. The first-order chi connectivity index (χ1) is 12.0. The van der Waals surface area contributed by atoms with Crippen LogP contribution in [0.15, 0.2) is 42.5 Å². The van der Waals surface area contributed by atoms with Crippen molar-refractivity contribution >= 4 is 11.9 Å². The van der Waals surface area contributed by atoms with Gasteiger partial charge >= 0.3 is 11.9 Å². The summed E-state index contributed by atoms with van der Waals surface area (Å²) in [5.41, 5.74) is 1.14. The van der Waals surface area contributed by atoms with Gasteiger partial charge in [-0.25, -0.2) is 0 Å². The van der Waals surface area contributed by atoms with Gasteiger partial charge in [0.05, 0.1) is 12.1 Å². The van der Waals surface area contributed by atoms with E-state index in [2.05, 4.69) is 4.90 Å². The molecule has 0 amide bonds. The van der Waals surface area contributed by atoms with Crippen molar-refractivity contribution in [2.24, 2.45) is 0 Å². The van der Waals surface area contributed by atoms with Crippen LogP contribution in [0.5, 0.6) is 0 Å². The molecule has 0 aliphatic carbocycles. The molecule has 0 spiro atoms. The van der Waals surface area contributed by atoms with Crippen LogP contribution in [0.25, 0.3) is 0 Å². The molecule has 6 nitrogen and oxygen atoms in total. The Morgan fingerprint density at radius 3 is 1.88 bits per heavy atom. The van der Waals surface area contributed by atoms with Crippen LogP contribution in [0.1, 0.15) is 19.4 Å². The minimum absolute atomic E-state index is 0.120. The summed E-state index contributed by atoms with van der Waals surface area (Å²) in [5.74, 6) is -0.765. The number of carbonyl (C=O) groups excluding carboxylic acids is 2. The molecule has 6 heteroatoms. The summed E-state index contributed by atoms with van der Waals surface area (Å²) in [5, 5.41) is 0. The van der Waals surface area contributed by atoms with E-state index in [0.29, 0.717) is 6.54 Å². The molecule has 134 valence electrons. The van der Waals surface area contributed by atoms with Gasteiger partial charge in [-0.1, -0.05) is 42.5 Å². The molecular formula is C19H23NO5. The molecule has 0 N–H and O–H groups in total. The second-order valence-electron chi connectivity index (χ2n) is 6.37. The van der Waals surface area contributed by atoms with Gasteiger partial charge in [0.15, 0.2) is 12.2 Å². The molecule has 3 rings (SSSR count). The van der Waals surface area contributed by atoms with Gasteiger partial charge in [0.25, 0.3) is 0 Å². The van der Waals surface area contributed by atoms with Crippen LogP contribution in [0, 0.1) is 0 Å². The van der Waals surface area contributed by atoms with Crippen LogP contribution >= 0.6 is 0 Å². The Bertz CT molecular complexity index is 625. The molecule has 0 saturated carbocycles. The highest BCUT2D eigenvalue weighted by molar-refractivity contribution is 5.67. The van der Waals surface area contributed by atoms with Crippen LogP contribution in [0.2, 0.25) is 0 Å². The van der Waals surface area contributed by atoms with E-state index < -0.39 is 18.3 Å². The van der Waals surface area contributed by atoms with Crippen molar-refractivity contribution in [2.45, 2.75) is 50.8 Å². The van der Waals surface area contributed by atoms with Crippen molar-refractivity contribution in [3.05, 3.63) is 48.0 Å². The van der Waals surface area contributed by atoms with Crippen LogP contribution in [0.3, 0.4) is 0 Å². The topological polar surface area (TPSA) is 65.1 Å². The van der Waals surface area contributed by atoms with Crippen molar-refractivity contribution in [3.63, 3.8) is 0 Å². The summed E-state index contributed by atoms with van der Waals surface area (Å²) in [6, 6.07) is 9.79. The van der Waals surface area contributed by atoms with Crippen molar-refractivity contribution in [1.29, 1.82) is 0 Å². The molecule has 1 aromatic carbocycles. The van der Waals surface area contributed by atoms with E-state index in [1.807, 2.05) is 42.5 Å². The number of nitrogens with zero attached hydrogens (tertiary/aromatic N) is 1. The van der Waals surface area contributed by atoms with Crippen LogP contribution in [-0.2, 0) is 30.3 Å². The molecule has 1 aromatic rings. The van der Waals surface area contributed by atoms with Crippen LogP contribution in [0.4, 0.5) is 0 Å². The highest BCUT2D eigenvalue weighted by Crippen LogP contribution is 2.37. The minimum atomic E-state index is -0.537. The molecule has 2 aliphatic rings. The van der Waals surface area contributed by atoms with Crippen LogP contribution in [-0.4, -0.2) is 54.3 Å². The van der Waals surface area contributed by atoms with Crippen molar-refractivity contribution < 1.29 is 23.8 Å². The maximum atomic E-state index is 11.6. The van der Waals surface area contributed by atoms with Gasteiger partial charge in [-0.05, 0) is 5.56 Å². The monoisotopic (exact) mass is 345 g/mol. The van der Waals surface area contributed by atoms with Gasteiger partial charge in [-0.3, -0.25) is 14.5 Å². The average molecular weight is 345 g/mol.